The van der Waals surface area contributed by atoms with Crippen molar-refractivity contribution in [3.8, 4) is 11.1 Å². The molecule has 0 amide bonds. The Bertz CT molecular complexity index is 800. The van der Waals surface area contributed by atoms with E-state index >= 15 is 0 Å². The molecule has 0 radical (unpaired) electrons. The number of aryl methyl sites for hydroxylation is 1. The minimum Gasteiger partial charge on any atom is -0.297 e. The Morgan fingerprint density at radius 3 is 2.28 bits per heavy atom. The molecule has 0 bridgehead atoms. The predicted octanol–water partition coefficient (Wildman–Crippen LogP) is 6.62. The van der Waals surface area contributed by atoms with Gasteiger partial charge in [0.1, 0.15) is 0 Å². The van der Waals surface area contributed by atoms with Crippen LogP contribution in [-0.2, 0) is 5.41 Å². The van der Waals surface area contributed by atoms with Crippen LogP contribution in [0.2, 0.25) is 0 Å². The molecule has 25 heavy (non-hydrogen) atoms. The first-order chi connectivity index (χ1) is 11.8. The van der Waals surface area contributed by atoms with Gasteiger partial charge in [-0.05, 0) is 64.8 Å². The van der Waals surface area contributed by atoms with E-state index in [4.69, 9.17) is 0 Å². The largest absolute Gasteiger partial charge is 0.297 e. The van der Waals surface area contributed by atoms with Gasteiger partial charge in [0.05, 0.1) is 0 Å². The molecular weight excluding hydrogens is 302 g/mol. The van der Waals surface area contributed by atoms with Gasteiger partial charge < -0.3 is 0 Å². The number of hydrogen-bond acceptors (Lipinski definition) is 1. The molecule has 0 aliphatic rings. The van der Waals surface area contributed by atoms with Gasteiger partial charge in [-0.3, -0.25) is 4.99 Å². The van der Waals surface area contributed by atoms with Crippen molar-refractivity contribution in [3.63, 3.8) is 0 Å². The molecule has 1 nitrogen and oxygen atoms in total. The lowest BCUT2D eigenvalue weighted by atomic mass is 9.79. The van der Waals surface area contributed by atoms with Crippen molar-refractivity contribution >= 4 is 11.8 Å². The quantitative estimate of drug-likeness (QED) is 0.441. The van der Waals surface area contributed by atoms with Crippen LogP contribution in [0, 0.1) is 6.92 Å². The third-order valence-corrected chi connectivity index (χ3v) is 4.37. The lowest BCUT2D eigenvalue weighted by molar-refractivity contribution is 0.588. The number of benzene rings is 2. The van der Waals surface area contributed by atoms with Crippen LogP contribution in [0.4, 0.5) is 0 Å². The third-order valence-electron chi connectivity index (χ3n) is 4.37. The fourth-order valence-corrected chi connectivity index (χ4v) is 3.01. The van der Waals surface area contributed by atoms with Crippen LogP contribution in [-0.4, -0.2) is 13.3 Å². The summed E-state index contributed by atoms with van der Waals surface area (Å²) >= 11 is 0. The molecular formula is C24H29N. The predicted molar refractivity (Wildman–Crippen MR) is 113 cm³/mol. The van der Waals surface area contributed by atoms with Crippen molar-refractivity contribution in [1.82, 2.24) is 0 Å². The Balaban J connectivity index is 2.59. The van der Waals surface area contributed by atoms with Crippen molar-refractivity contribution in [2.24, 2.45) is 4.99 Å². The number of hydrogen-bond donors (Lipinski definition) is 0. The van der Waals surface area contributed by atoms with Crippen LogP contribution in [0.5, 0.6) is 0 Å². The summed E-state index contributed by atoms with van der Waals surface area (Å²) < 4.78 is 0. The molecule has 0 aromatic heterocycles. The molecule has 0 aliphatic carbocycles. The molecule has 0 saturated heterocycles. The molecule has 0 unspecified atom stereocenters. The molecule has 0 atom stereocenters. The average molecular weight is 332 g/mol. The highest BCUT2D eigenvalue weighted by atomic mass is 14.6. The molecule has 2 aromatic carbocycles. The average Bonchev–Trinajstić information content (AvgIpc) is 2.58. The molecule has 0 spiro atoms. The van der Waals surface area contributed by atoms with E-state index in [9.17, 15) is 0 Å². The van der Waals surface area contributed by atoms with Gasteiger partial charge in [0, 0.05) is 13.3 Å². The highest BCUT2D eigenvalue weighted by molar-refractivity contribution is 5.77. The lowest BCUT2D eigenvalue weighted by Gasteiger charge is -2.25. The van der Waals surface area contributed by atoms with Gasteiger partial charge in [-0.25, -0.2) is 0 Å². The van der Waals surface area contributed by atoms with Gasteiger partial charge >= 0.3 is 0 Å². The van der Waals surface area contributed by atoms with Crippen molar-refractivity contribution in [1.29, 1.82) is 0 Å². The maximum absolute atomic E-state index is 3.98. The molecule has 0 N–H and O–H groups in total. The zero-order chi connectivity index (χ0) is 18.4. The van der Waals surface area contributed by atoms with Crippen LogP contribution >= 0.6 is 0 Å². The minimum atomic E-state index is 0.0796. The summed E-state index contributed by atoms with van der Waals surface area (Å²) in [5, 5.41) is 0. The highest BCUT2D eigenvalue weighted by Gasteiger charge is 2.20. The Morgan fingerprint density at radius 1 is 1.00 bits per heavy atom. The Kier molecular flexibility index (Phi) is 6.14. The summed E-state index contributed by atoms with van der Waals surface area (Å²) in [7, 11) is 1.78. The van der Waals surface area contributed by atoms with Gasteiger partial charge in [-0.2, -0.15) is 0 Å². The number of allylic oxidation sites excluding steroid dienone is 4. The monoisotopic (exact) mass is 331 g/mol. The van der Waals surface area contributed by atoms with Crippen LogP contribution in [0.3, 0.4) is 0 Å². The van der Waals surface area contributed by atoms with E-state index < -0.39 is 0 Å². The number of nitrogens with zero attached hydrogens (tertiary/aromatic N) is 1. The fourth-order valence-electron chi connectivity index (χ4n) is 3.01. The van der Waals surface area contributed by atoms with Crippen LogP contribution in [0.15, 0.2) is 65.7 Å². The van der Waals surface area contributed by atoms with Crippen LogP contribution in [0.25, 0.3) is 16.7 Å². The maximum Gasteiger partial charge on any atom is 0.0277 e. The van der Waals surface area contributed by atoms with E-state index in [0.29, 0.717) is 0 Å². The second-order valence-corrected chi connectivity index (χ2v) is 7.47. The number of aliphatic imine (C=N–C) groups is 1. The van der Waals surface area contributed by atoms with Gasteiger partial charge in [0.2, 0.25) is 0 Å². The van der Waals surface area contributed by atoms with E-state index in [0.717, 1.165) is 0 Å². The first-order valence-electron chi connectivity index (χ1n) is 8.81. The molecule has 0 heterocycles. The normalized spacial score (nSPS) is 13.1. The molecule has 130 valence electrons. The summed E-state index contributed by atoms with van der Waals surface area (Å²) in [5.74, 6) is 0. The van der Waals surface area contributed by atoms with Crippen molar-refractivity contribution in [2.75, 3.05) is 7.05 Å². The second kappa shape index (κ2) is 8.11. The van der Waals surface area contributed by atoms with Crippen molar-refractivity contribution in [2.45, 2.75) is 40.0 Å². The summed E-state index contributed by atoms with van der Waals surface area (Å²) in [6.07, 6.45) is 7.98. The summed E-state index contributed by atoms with van der Waals surface area (Å²) in [4.78, 5) is 3.98. The first-order valence-corrected chi connectivity index (χ1v) is 8.81. The lowest BCUT2D eigenvalue weighted by Crippen LogP contribution is -2.14. The molecule has 0 aliphatic heterocycles. The maximum atomic E-state index is 3.98. The van der Waals surface area contributed by atoms with Gasteiger partial charge in [0.15, 0.2) is 0 Å². The number of rotatable bonds is 4. The fraction of sp³-hybridized carbons (Fsp3) is 0.292. The highest BCUT2D eigenvalue weighted by Crippen LogP contribution is 2.36. The SMILES string of the molecule is C/N=C/C=C\C=C(/C)c1cc(C)c(-c2ccccc2)cc1C(C)(C)C. The van der Waals surface area contributed by atoms with E-state index in [1.165, 1.54) is 33.4 Å². The van der Waals surface area contributed by atoms with E-state index in [-0.39, 0.29) is 5.41 Å². The summed E-state index contributed by atoms with van der Waals surface area (Å²) in [6.45, 7) is 11.2. The zero-order valence-electron chi connectivity index (χ0n) is 16.3. The molecule has 1 heteroatoms. The van der Waals surface area contributed by atoms with E-state index in [2.05, 4.69) is 94.2 Å². The summed E-state index contributed by atoms with van der Waals surface area (Å²) in [6, 6.07) is 15.3. The second-order valence-electron chi connectivity index (χ2n) is 7.47. The minimum absolute atomic E-state index is 0.0796. The smallest absolute Gasteiger partial charge is 0.0277 e. The van der Waals surface area contributed by atoms with Crippen molar-refractivity contribution in [3.05, 3.63) is 77.4 Å². The molecule has 2 aromatic rings. The molecule has 0 saturated carbocycles. The van der Waals surface area contributed by atoms with Crippen molar-refractivity contribution < 1.29 is 0 Å². The molecule has 2 rings (SSSR count). The van der Waals surface area contributed by atoms with Gasteiger partial charge in [-0.1, -0.05) is 69.3 Å². The van der Waals surface area contributed by atoms with Crippen LogP contribution in [0.1, 0.15) is 44.4 Å². The third kappa shape index (κ3) is 4.79. The van der Waals surface area contributed by atoms with Gasteiger partial charge in [0.25, 0.3) is 0 Å². The zero-order valence-corrected chi connectivity index (χ0v) is 16.3. The molecule has 0 fully saturated rings. The topological polar surface area (TPSA) is 12.4 Å². The Labute approximate surface area is 152 Å². The standard InChI is InChI=1S/C24H29N/c1-18(12-10-11-15-25-6)22-16-19(2)21(17-23(22)24(3,4)5)20-13-8-7-9-14-20/h7-17H,1-6H3/b11-10-,18-12+,25-15+. The van der Waals surface area contributed by atoms with Crippen LogP contribution < -0.4 is 0 Å². The Morgan fingerprint density at radius 2 is 1.68 bits per heavy atom. The van der Waals surface area contributed by atoms with E-state index in [1.807, 2.05) is 6.08 Å². The van der Waals surface area contributed by atoms with E-state index in [1.54, 1.807) is 13.3 Å². The Hall–Kier alpha value is -2.41. The first kappa shape index (κ1) is 18.9. The van der Waals surface area contributed by atoms with Gasteiger partial charge in [-0.15, -0.1) is 0 Å². The summed E-state index contributed by atoms with van der Waals surface area (Å²) in [5.41, 5.74) is 7.95.